The molecule has 1 aromatic carbocycles. The van der Waals surface area contributed by atoms with Crippen LogP contribution < -0.4 is 0 Å². The van der Waals surface area contributed by atoms with E-state index in [9.17, 15) is 9.90 Å². The van der Waals surface area contributed by atoms with Crippen LogP contribution in [0.4, 0.5) is 0 Å². The molecule has 0 radical (unpaired) electrons. The zero-order valence-electron chi connectivity index (χ0n) is 14.4. The number of aryl methyl sites for hydroxylation is 1. The number of aliphatic hydroxyl groups excluding tert-OH is 1. The van der Waals surface area contributed by atoms with Gasteiger partial charge < -0.3 is 10.0 Å². The van der Waals surface area contributed by atoms with Gasteiger partial charge in [0.25, 0.3) is 0 Å². The summed E-state index contributed by atoms with van der Waals surface area (Å²) in [6.45, 7) is 1.06. The largest absolute Gasteiger partial charge is 0.390 e. The van der Waals surface area contributed by atoms with E-state index >= 15 is 0 Å². The van der Waals surface area contributed by atoms with Crippen molar-refractivity contribution in [1.29, 1.82) is 0 Å². The molecular weight excluding hydrogens is 334 g/mol. The van der Waals surface area contributed by atoms with Crippen molar-refractivity contribution in [1.82, 2.24) is 34.9 Å². The number of hydrogen-bond acceptors (Lipinski definition) is 6. The molecule has 1 amide bonds. The SMILES string of the molecule is Cn1nc(CO)c2c1CCN(C(=O)Cc1ccc(-n3cnnn3)cc1)C2. The van der Waals surface area contributed by atoms with E-state index in [0.29, 0.717) is 25.2 Å². The summed E-state index contributed by atoms with van der Waals surface area (Å²) < 4.78 is 3.37. The van der Waals surface area contributed by atoms with Crippen molar-refractivity contribution in [2.75, 3.05) is 6.54 Å². The van der Waals surface area contributed by atoms with Gasteiger partial charge in [-0.15, -0.1) is 5.10 Å². The molecule has 0 saturated heterocycles. The molecule has 4 rings (SSSR count). The molecule has 0 bridgehead atoms. The van der Waals surface area contributed by atoms with Gasteiger partial charge in [0.1, 0.15) is 6.33 Å². The standard InChI is InChI=1S/C17H19N7O2/c1-22-16-6-7-23(9-14(16)15(10-25)19-22)17(26)8-12-2-4-13(5-3-12)24-11-18-20-21-24/h2-5,11,25H,6-10H2,1H3. The monoisotopic (exact) mass is 353 g/mol. The molecule has 3 aromatic rings. The number of carbonyl (C=O) groups is 1. The molecule has 0 unspecified atom stereocenters. The smallest absolute Gasteiger partial charge is 0.227 e. The first kappa shape index (κ1) is 16.4. The van der Waals surface area contributed by atoms with Gasteiger partial charge in [0.15, 0.2) is 0 Å². The van der Waals surface area contributed by atoms with Crippen LogP contribution in [0.2, 0.25) is 0 Å². The minimum Gasteiger partial charge on any atom is -0.390 e. The van der Waals surface area contributed by atoms with Gasteiger partial charge in [-0.25, -0.2) is 4.68 Å². The summed E-state index contributed by atoms with van der Waals surface area (Å²) in [5, 5.41) is 24.9. The molecule has 1 N–H and O–H groups in total. The molecule has 0 aliphatic carbocycles. The van der Waals surface area contributed by atoms with E-state index in [2.05, 4.69) is 20.6 Å². The lowest BCUT2D eigenvalue weighted by atomic mass is 10.0. The van der Waals surface area contributed by atoms with Crippen molar-refractivity contribution in [3.63, 3.8) is 0 Å². The highest BCUT2D eigenvalue weighted by molar-refractivity contribution is 5.79. The van der Waals surface area contributed by atoms with Crippen LogP contribution in [-0.2, 0) is 37.8 Å². The van der Waals surface area contributed by atoms with Crippen molar-refractivity contribution in [2.24, 2.45) is 7.05 Å². The number of fused-ring (bicyclic) bond motifs is 1. The number of carbonyl (C=O) groups excluding carboxylic acids is 1. The average molecular weight is 353 g/mol. The number of rotatable bonds is 4. The maximum Gasteiger partial charge on any atom is 0.227 e. The lowest BCUT2D eigenvalue weighted by Crippen LogP contribution is -2.37. The summed E-state index contributed by atoms with van der Waals surface area (Å²) in [6.07, 6.45) is 2.61. The van der Waals surface area contributed by atoms with Crippen molar-refractivity contribution in [3.05, 3.63) is 53.1 Å². The van der Waals surface area contributed by atoms with Crippen LogP contribution in [-0.4, -0.2) is 52.4 Å². The number of aliphatic hydroxyl groups is 1. The Balaban J connectivity index is 1.45. The third-order valence-corrected chi connectivity index (χ3v) is 4.73. The quantitative estimate of drug-likeness (QED) is 0.709. The van der Waals surface area contributed by atoms with Crippen molar-refractivity contribution in [2.45, 2.75) is 26.0 Å². The second-order valence-electron chi connectivity index (χ2n) is 6.32. The van der Waals surface area contributed by atoms with Gasteiger partial charge in [-0.1, -0.05) is 12.1 Å². The molecule has 9 nitrogen and oxygen atoms in total. The maximum absolute atomic E-state index is 12.7. The second-order valence-corrected chi connectivity index (χ2v) is 6.32. The van der Waals surface area contributed by atoms with Gasteiger partial charge >= 0.3 is 0 Å². The first-order valence-corrected chi connectivity index (χ1v) is 8.40. The Bertz CT molecular complexity index is 915. The summed E-state index contributed by atoms with van der Waals surface area (Å²) in [6, 6.07) is 7.59. The van der Waals surface area contributed by atoms with Crippen LogP contribution >= 0.6 is 0 Å². The number of tetrazole rings is 1. The molecule has 1 aliphatic heterocycles. The fraction of sp³-hybridized carbons (Fsp3) is 0.353. The average Bonchev–Trinajstić information content (AvgIpc) is 3.30. The van der Waals surface area contributed by atoms with Crippen LogP contribution in [0.25, 0.3) is 5.69 Å². The van der Waals surface area contributed by atoms with Gasteiger partial charge in [-0.2, -0.15) is 5.10 Å². The van der Waals surface area contributed by atoms with E-state index in [1.807, 2.05) is 36.2 Å². The predicted molar refractivity (Wildman–Crippen MR) is 91.1 cm³/mol. The number of aromatic nitrogens is 6. The van der Waals surface area contributed by atoms with Crippen molar-refractivity contribution in [3.8, 4) is 5.69 Å². The van der Waals surface area contributed by atoms with Crippen molar-refractivity contribution < 1.29 is 9.90 Å². The number of amides is 1. The minimum atomic E-state index is -0.107. The topological polar surface area (TPSA) is 102 Å². The molecule has 0 spiro atoms. The zero-order valence-corrected chi connectivity index (χ0v) is 14.4. The van der Waals surface area contributed by atoms with Gasteiger partial charge in [0.05, 0.1) is 24.4 Å². The molecule has 2 aromatic heterocycles. The molecule has 3 heterocycles. The Morgan fingerprint density at radius 3 is 2.77 bits per heavy atom. The van der Waals surface area contributed by atoms with Gasteiger partial charge in [0, 0.05) is 37.8 Å². The van der Waals surface area contributed by atoms with Crippen LogP contribution in [0, 0.1) is 0 Å². The molecule has 1 aliphatic rings. The minimum absolute atomic E-state index is 0.0681. The van der Waals surface area contributed by atoms with E-state index < -0.39 is 0 Å². The van der Waals surface area contributed by atoms with Crippen molar-refractivity contribution >= 4 is 5.91 Å². The highest BCUT2D eigenvalue weighted by Crippen LogP contribution is 2.23. The Labute approximate surface area is 149 Å². The van der Waals surface area contributed by atoms with E-state index in [-0.39, 0.29) is 12.5 Å². The second kappa shape index (κ2) is 6.68. The lowest BCUT2D eigenvalue weighted by molar-refractivity contribution is -0.131. The molecule has 9 heteroatoms. The molecule has 0 fully saturated rings. The van der Waals surface area contributed by atoms with E-state index in [0.717, 1.165) is 28.9 Å². The normalized spacial score (nSPS) is 13.7. The van der Waals surface area contributed by atoms with Crippen LogP contribution in [0.3, 0.4) is 0 Å². The van der Waals surface area contributed by atoms with E-state index in [1.54, 1.807) is 9.36 Å². The van der Waals surface area contributed by atoms with Gasteiger partial charge in [-0.05, 0) is 28.1 Å². The zero-order chi connectivity index (χ0) is 18.1. The first-order chi connectivity index (χ1) is 12.7. The Hall–Kier alpha value is -3.07. The van der Waals surface area contributed by atoms with Crippen LogP contribution in [0.5, 0.6) is 0 Å². The third kappa shape index (κ3) is 2.97. The highest BCUT2D eigenvalue weighted by Gasteiger charge is 2.26. The predicted octanol–water partition coefficient (Wildman–Crippen LogP) is 0.0155. The Morgan fingerprint density at radius 1 is 1.27 bits per heavy atom. The van der Waals surface area contributed by atoms with Gasteiger partial charge in [-0.3, -0.25) is 9.48 Å². The van der Waals surface area contributed by atoms with E-state index in [1.165, 1.54) is 6.33 Å². The summed E-state index contributed by atoms with van der Waals surface area (Å²) in [4.78, 5) is 14.5. The summed E-state index contributed by atoms with van der Waals surface area (Å²) in [7, 11) is 1.88. The highest BCUT2D eigenvalue weighted by atomic mass is 16.3. The third-order valence-electron chi connectivity index (χ3n) is 4.73. The summed E-state index contributed by atoms with van der Waals surface area (Å²) in [5.41, 5.74) is 4.52. The molecule has 26 heavy (non-hydrogen) atoms. The fourth-order valence-electron chi connectivity index (χ4n) is 3.34. The first-order valence-electron chi connectivity index (χ1n) is 8.40. The lowest BCUT2D eigenvalue weighted by Gasteiger charge is -2.27. The fourth-order valence-corrected chi connectivity index (χ4v) is 3.34. The number of benzene rings is 1. The number of hydrogen-bond donors (Lipinski definition) is 1. The molecule has 0 atom stereocenters. The molecule has 0 saturated carbocycles. The van der Waals surface area contributed by atoms with Crippen LogP contribution in [0.1, 0.15) is 22.5 Å². The van der Waals surface area contributed by atoms with E-state index in [4.69, 9.17) is 0 Å². The van der Waals surface area contributed by atoms with Crippen LogP contribution in [0.15, 0.2) is 30.6 Å². The maximum atomic E-state index is 12.7. The Morgan fingerprint density at radius 2 is 2.08 bits per heavy atom. The Kier molecular flexibility index (Phi) is 4.21. The molecule has 134 valence electrons. The summed E-state index contributed by atoms with van der Waals surface area (Å²) >= 11 is 0. The number of nitrogens with zero attached hydrogens (tertiary/aromatic N) is 7. The van der Waals surface area contributed by atoms with Gasteiger partial charge in [0.2, 0.25) is 5.91 Å². The summed E-state index contributed by atoms with van der Waals surface area (Å²) in [5.74, 6) is 0.0681. The molecular formula is C17H19N7O2.